The van der Waals surface area contributed by atoms with Crippen LogP contribution < -0.4 is 5.32 Å². The molecule has 0 spiro atoms. The molecule has 1 aliphatic rings. The van der Waals surface area contributed by atoms with Gasteiger partial charge >= 0.3 is 0 Å². The fraction of sp³-hybridized carbons (Fsp3) is 0.500. The third-order valence-electron chi connectivity index (χ3n) is 3.95. The first-order valence-corrected chi connectivity index (χ1v) is 7.14. The molecule has 1 aliphatic heterocycles. The Morgan fingerprint density at radius 2 is 2.27 bits per heavy atom. The van der Waals surface area contributed by atoms with E-state index >= 15 is 0 Å². The lowest BCUT2D eigenvalue weighted by Gasteiger charge is -2.20. The topological polar surface area (TPSA) is 64.7 Å². The van der Waals surface area contributed by atoms with E-state index in [1.54, 1.807) is 0 Å². The fourth-order valence-corrected chi connectivity index (χ4v) is 2.71. The molecule has 0 aliphatic carbocycles. The van der Waals surface area contributed by atoms with Crippen LogP contribution in [0.25, 0.3) is 0 Å². The van der Waals surface area contributed by atoms with Gasteiger partial charge in [0.25, 0.3) is 12.3 Å². The van der Waals surface area contributed by atoms with E-state index in [2.05, 4.69) is 22.4 Å². The molecule has 0 bridgehead atoms. The van der Waals surface area contributed by atoms with Crippen LogP contribution in [0.5, 0.6) is 0 Å². The van der Waals surface area contributed by atoms with E-state index < -0.39 is 6.43 Å². The average Bonchev–Trinajstić information content (AvgIpc) is 3.01. The lowest BCUT2D eigenvalue weighted by Crippen LogP contribution is -2.21. The SMILES string of the molecule is CC1CCn2ncc(C(=O)Nc3cc(C(F)F)n(C)n3)c2C1. The smallest absolute Gasteiger partial charge is 0.280 e. The Morgan fingerprint density at radius 3 is 2.95 bits per heavy atom. The number of amides is 1. The number of hydrogen-bond acceptors (Lipinski definition) is 3. The second kappa shape index (κ2) is 5.51. The summed E-state index contributed by atoms with van der Waals surface area (Å²) in [5.41, 5.74) is 1.14. The summed E-state index contributed by atoms with van der Waals surface area (Å²) < 4.78 is 28.4. The Labute approximate surface area is 126 Å². The number of fused-ring (bicyclic) bond motifs is 1. The van der Waals surface area contributed by atoms with Gasteiger partial charge in [-0.1, -0.05) is 6.92 Å². The minimum atomic E-state index is -2.63. The van der Waals surface area contributed by atoms with Crippen LogP contribution in [-0.2, 0) is 20.0 Å². The second-order valence-electron chi connectivity index (χ2n) is 5.66. The highest BCUT2D eigenvalue weighted by atomic mass is 19.3. The lowest BCUT2D eigenvalue weighted by molar-refractivity contribution is 0.102. The van der Waals surface area contributed by atoms with Gasteiger partial charge in [-0.2, -0.15) is 10.2 Å². The number of carbonyl (C=O) groups excluding carboxylic acids is 1. The highest BCUT2D eigenvalue weighted by Gasteiger charge is 2.24. The Hall–Kier alpha value is -2.25. The minimum absolute atomic E-state index is 0.117. The van der Waals surface area contributed by atoms with Gasteiger partial charge in [-0.25, -0.2) is 8.78 Å². The van der Waals surface area contributed by atoms with Crippen LogP contribution in [-0.4, -0.2) is 25.5 Å². The van der Waals surface area contributed by atoms with E-state index in [1.807, 2.05) is 4.68 Å². The predicted molar refractivity (Wildman–Crippen MR) is 75.8 cm³/mol. The molecule has 6 nitrogen and oxygen atoms in total. The molecule has 118 valence electrons. The summed E-state index contributed by atoms with van der Waals surface area (Å²) >= 11 is 0. The van der Waals surface area contributed by atoms with Crippen molar-refractivity contribution in [1.82, 2.24) is 19.6 Å². The normalized spacial score (nSPS) is 17.6. The number of anilines is 1. The maximum absolute atomic E-state index is 12.7. The van der Waals surface area contributed by atoms with Gasteiger partial charge in [-0.3, -0.25) is 14.2 Å². The van der Waals surface area contributed by atoms with Gasteiger partial charge < -0.3 is 5.32 Å². The van der Waals surface area contributed by atoms with E-state index in [-0.39, 0.29) is 17.4 Å². The van der Waals surface area contributed by atoms with Crippen LogP contribution in [0.1, 0.15) is 41.5 Å². The van der Waals surface area contributed by atoms with E-state index in [4.69, 9.17) is 0 Å². The number of nitrogens with one attached hydrogen (secondary N) is 1. The Balaban J connectivity index is 1.81. The summed E-state index contributed by atoms with van der Waals surface area (Å²) in [6, 6.07) is 1.18. The average molecular weight is 309 g/mol. The van der Waals surface area contributed by atoms with Gasteiger partial charge in [-0.05, 0) is 18.8 Å². The summed E-state index contributed by atoms with van der Waals surface area (Å²) in [5.74, 6) is 0.247. The second-order valence-corrected chi connectivity index (χ2v) is 5.66. The zero-order valence-corrected chi connectivity index (χ0v) is 12.4. The van der Waals surface area contributed by atoms with E-state index in [1.165, 1.54) is 19.3 Å². The molecule has 3 rings (SSSR count). The molecule has 1 unspecified atom stereocenters. The molecule has 2 aromatic rings. The van der Waals surface area contributed by atoms with Gasteiger partial charge in [0.05, 0.1) is 17.5 Å². The molecular weight excluding hydrogens is 292 g/mol. The van der Waals surface area contributed by atoms with Crippen LogP contribution in [0.2, 0.25) is 0 Å². The Kier molecular flexibility index (Phi) is 3.67. The first kappa shape index (κ1) is 14.7. The quantitative estimate of drug-likeness (QED) is 0.947. The standard InChI is InChI=1S/C14H17F2N5O/c1-8-3-4-21-10(5-8)9(7-17-21)14(22)18-12-6-11(13(15)16)20(2)19-12/h6-8,13H,3-5H2,1-2H3,(H,18,19,22). The van der Waals surface area contributed by atoms with Crippen LogP contribution in [0.3, 0.4) is 0 Å². The predicted octanol–water partition coefficient (Wildman–Crippen LogP) is 2.39. The van der Waals surface area contributed by atoms with Crippen LogP contribution >= 0.6 is 0 Å². The van der Waals surface area contributed by atoms with E-state index in [0.29, 0.717) is 11.5 Å². The van der Waals surface area contributed by atoms with Gasteiger partial charge in [-0.15, -0.1) is 0 Å². The summed E-state index contributed by atoms with van der Waals surface area (Å²) in [7, 11) is 1.42. The first-order valence-electron chi connectivity index (χ1n) is 7.14. The molecular formula is C14H17F2N5O. The minimum Gasteiger partial charge on any atom is -0.305 e. The number of alkyl halides is 2. The van der Waals surface area contributed by atoms with Crippen molar-refractivity contribution < 1.29 is 13.6 Å². The summed E-state index contributed by atoms with van der Waals surface area (Å²) in [6.07, 6.45) is 0.716. The molecule has 22 heavy (non-hydrogen) atoms. The third-order valence-corrected chi connectivity index (χ3v) is 3.95. The lowest BCUT2D eigenvalue weighted by atomic mass is 9.96. The zero-order valence-electron chi connectivity index (χ0n) is 12.4. The van der Waals surface area contributed by atoms with Crippen molar-refractivity contribution >= 4 is 11.7 Å². The molecule has 0 saturated carbocycles. The number of rotatable bonds is 3. The summed E-state index contributed by atoms with van der Waals surface area (Å²) in [5, 5.41) is 10.7. The van der Waals surface area contributed by atoms with E-state index in [0.717, 1.165) is 29.8 Å². The fourth-order valence-electron chi connectivity index (χ4n) is 2.71. The number of halogens is 2. The molecule has 3 heterocycles. The largest absolute Gasteiger partial charge is 0.305 e. The summed E-state index contributed by atoms with van der Waals surface area (Å²) in [4.78, 5) is 12.3. The van der Waals surface area contributed by atoms with Crippen molar-refractivity contribution in [2.45, 2.75) is 32.7 Å². The van der Waals surface area contributed by atoms with Crippen molar-refractivity contribution in [3.05, 3.63) is 29.2 Å². The molecule has 0 aromatic carbocycles. The van der Waals surface area contributed by atoms with Crippen LogP contribution in [0.4, 0.5) is 14.6 Å². The Bertz CT molecular complexity index is 706. The van der Waals surface area contributed by atoms with Gasteiger partial charge in [0.15, 0.2) is 5.82 Å². The van der Waals surface area contributed by atoms with Gasteiger partial charge in [0.1, 0.15) is 5.69 Å². The van der Waals surface area contributed by atoms with Crippen molar-refractivity contribution in [3.8, 4) is 0 Å². The molecule has 1 atom stereocenters. The van der Waals surface area contributed by atoms with Crippen molar-refractivity contribution in [2.24, 2.45) is 13.0 Å². The maximum atomic E-state index is 12.7. The molecule has 2 aromatic heterocycles. The number of aromatic nitrogens is 4. The molecule has 1 amide bonds. The first-order chi connectivity index (χ1) is 10.5. The molecule has 0 saturated heterocycles. The zero-order chi connectivity index (χ0) is 15.9. The Morgan fingerprint density at radius 1 is 1.50 bits per heavy atom. The molecule has 0 fully saturated rings. The third kappa shape index (κ3) is 2.60. The van der Waals surface area contributed by atoms with Gasteiger partial charge in [0, 0.05) is 19.7 Å². The molecule has 8 heteroatoms. The highest BCUT2D eigenvalue weighted by molar-refractivity contribution is 6.04. The van der Waals surface area contributed by atoms with Crippen LogP contribution in [0.15, 0.2) is 12.3 Å². The summed E-state index contributed by atoms with van der Waals surface area (Å²) in [6.45, 7) is 2.93. The number of hydrogen-bond donors (Lipinski definition) is 1. The molecule has 1 N–H and O–H groups in total. The number of aryl methyl sites for hydroxylation is 2. The monoisotopic (exact) mass is 309 g/mol. The van der Waals surface area contributed by atoms with Crippen molar-refractivity contribution in [1.29, 1.82) is 0 Å². The molecule has 0 radical (unpaired) electrons. The maximum Gasteiger partial charge on any atom is 0.280 e. The number of carbonyl (C=O) groups is 1. The van der Waals surface area contributed by atoms with Crippen LogP contribution in [0, 0.1) is 5.92 Å². The number of nitrogens with zero attached hydrogens (tertiary/aromatic N) is 4. The van der Waals surface area contributed by atoms with Crippen molar-refractivity contribution in [2.75, 3.05) is 5.32 Å². The van der Waals surface area contributed by atoms with Crippen molar-refractivity contribution in [3.63, 3.8) is 0 Å². The van der Waals surface area contributed by atoms with Gasteiger partial charge in [0.2, 0.25) is 0 Å². The van der Waals surface area contributed by atoms with E-state index in [9.17, 15) is 13.6 Å². The highest BCUT2D eigenvalue weighted by Crippen LogP contribution is 2.24.